The van der Waals surface area contributed by atoms with Crippen LogP contribution in [-0.2, 0) is 6.42 Å². The fourth-order valence-electron chi connectivity index (χ4n) is 2.18. The maximum absolute atomic E-state index is 11.2. The predicted octanol–water partition coefficient (Wildman–Crippen LogP) is 1.92. The van der Waals surface area contributed by atoms with Crippen molar-refractivity contribution < 1.29 is 15.0 Å². The first-order chi connectivity index (χ1) is 7.97. The van der Waals surface area contributed by atoms with Crippen molar-refractivity contribution in [1.82, 2.24) is 9.38 Å². The number of hydrogen-bond donors (Lipinski definition) is 2. The Kier molecular flexibility index (Phi) is 2.53. The molecule has 2 N–H and O–H groups in total. The van der Waals surface area contributed by atoms with E-state index in [0.29, 0.717) is 17.8 Å². The summed E-state index contributed by atoms with van der Waals surface area (Å²) in [4.78, 5) is 15.4. The molecule has 0 aliphatic rings. The highest BCUT2D eigenvalue weighted by atomic mass is 16.4. The number of pyridine rings is 1. The van der Waals surface area contributed by atoms with Crippen LogP contribution in [0.15, 0.2) is 6.07 Å². The maximum atomic E-state index is 11.2. The van der Waals surface area contributed by atoms with E-state index in [1.807, 2.05) is 13.8 Å². The molecule has 0 atom stereocenters. The normalized spacial score (nSPS) is 11.0. The zero-order chi connectivity index (χ0) is 12.7. The Hall–Kier alpha value is -2.04. The summed E-state index contributed by atoms with van der Waals surface area (Å²) in [7, 11) is 0. The third-order valence-corrected chi connectivity index (χ3v) is 2.90. The Bertz CT molecular complexity index is 614. The standard InChI is InChI=1S/C12H14N2O3/c1-4-8-6(2)5-9(15)11-13-7(3)10(12(16)17)14(8)11/h5,15H,4H2,1-3H3,(H,16,17). The molecule has 0 unspecified atom stereocenters. The van der Waals surface area contributed by atoms with E-state index in [1.165, 1.54) is 4.40 Å². The Morgan fingerprint density at radius 1 is 1.47 bits per heavy atom. The van der Waals surface area contributed by atoms with Gasteiger partial charge in [-0.05, 0) is 31.9 Å². The quantitative estimate of drug-likeness (QED) is 0.832. The molecular weight excluding hydrogens is 220 g/mol. The molecular formula is C12H14N2O3. The number of aromatic hydroxyl groups is 1. The van der Waals surface area contributed by atoms with Gasteiger partial charge in [-0.3, -0.25) is 4.40 Å². The molecule has 0 spiro atoms. The van der Waals surface area contributed by atoms with Crippen molar-refractivity contribution in [2.75, 3.05) is 0 Å². The minimum absolute atomic E-state index is 0.00954. The summed E-state index contributed by atoms with van der Waals surface area (Å²) in [5, 5.41) is 19.0. The summed E-state index contributed by atoms with van der Waals surface area (Å²) in [6.07, 6.45) is 0.679. The lowest BCUT2D eigenvalue weighted by Gasteiger charge is -2.10. The van der Waals surface area contributed by atoms with E-state index >= 15 is 0 Å². The Morgan fingerprint density at radius 3 is 2.65 bits per heavy atom. The second kappa shape index (κ2) is 3.76. The van der Waals surface area contributed by atoms with Gasteiger partial charge in [0.25, 0.3) is 0 Å². The SMILES string of the molecule is CCc1c(C)cc(O)c2nc(C)c(C(=O)O)n12. The van der Waals surface area contributed by atoms with Crippen LogP contribution in [0.25, 0.3) is 5.65 Å². The lowest BCUT2D eigenvalue weighted by molar-refractivity contribution is 0.0688. The first kappa shape index (κ1) is 11.4. The molecule has 0 saturated heterocycles. The molecule has 0 aliphatic carbocycles. The van der Waals surface area contributed by atoms with E-state index in [2.05, 4.69) is 4.98 Å². The Balaban J connectivity index is 3.01. The van der Waals surface area contributed by atoms with Gasteiger partial charge in [0, 0.05) is 5.69 Å². The van der Waals surface area contributed by atoms with Crippen molar-refractivity contribution in [2.45, 2.75) is 27.2 Å². The van der Waals surface area contributed by atoms with Crippen LogP contribution < -0.4 is 0 Å². The van der Waals surface area contributed by atoms with E-state index in [4.69, 9.17) is 0 Å². The highest BCUT2D eigenvalue weighted by Crippen LogP contribution is 2.26. The third-order valence-electron chi connectivity index (χ3n) is 2.90. The number of carboxylic acids is 1. The highest BCUT2D eigenvalue weighted by Gasteiger charge is 2.20. The molecule has 0 saturated carbocycles. The minimum atomic E-state index is -1.03. The first-order valence-electron chi connectivity index (χ1n) is 5.41. The number of imidazole rings is 1. The second-order valence-electron chi connectivity index (χ2n) is 4.02. The number of nitrogens with zero attached hydrogens (tertiary/aromatic N) is 2. The lowest BCUT2D eigenvalue weighted by Crippen LogP contribution is -2.08. The van der Waals surface area contributed by atoms with E-state index in [0.717, 1.165) is 11.3 Å². The summed E-state index contributed by atoms with van der Waals surface area (Å²) in [6.45, 7) is 5.42. The largest absolute Gasteiger partial charge is 0.504 e. The van der Waals surface area contributed by atoms with Crippen molar-refractivity contribution in [3.8, 4) is 5.75 Å². The summed E-state index contributed by atoms with van der Waals surface area (Å²) >= 11 is 0. The highest BCUT2D eigenvalue weighted by molar-refractivity contribution is 5.89. The fraction of sp³-hybridized carbons (Fsp3) is 0.333. The molecule has 0 radical (unpaired) electrons. The maximum Gasteiger partial charge on any atom is 0.354 e. The van der Waals surface area contributed by atoms with Crippen LogP contribution in [0.3, 0.4) is 0 Å². The molecule has 2 aromatic heterocycles. The summed E-state index contributed by atoms with van der Waals surface area (Å²) < 4.78 is 1.53. The Labute approximate surface area is 98.3 Å². The molecule has 0 fully saturated rings. The third kappa shape index (κ3) is 1.54. The van der Waals surface area contributed by atoms with Crippen LogP contribution in [0, 0.1) is 13.8 Å². The monoisotopic (exact) mass is 234 g/mol. The van der Waals surface area contributed by atoms with Crippen LogP contribution in [0.1, 0.15) is 34.4 Å². The van der Waals surface area contributed by atoms with Crippen molar-refractivity contribution in [3.63, 3.8) is 0 Å². The summed E-state index contributed by atoms with van der Waals surface area (Å²) in [5.41, 5.74) is 2.56. The van der Waals surface area contributed by atoms with Gasteiger partial charge in [0.2, 0.25) is 0 Å². The zero-order valence-electron chi connectivity index (χ0n) is 9.98. The number of carboxylic acid groups (broad SMARTS) is 1. The van der Waals surface area contributed by atoms with Crippen molar-refractivity contribution in [1.29, 1.82) is 0 Å². The summed E-state index contributed by atoms with van der Waals surface area (Å²) in [6, 6.07) is 1.62. The van der Waals surface area contributed by atoms with Gasteiger partial charge in [0.1, 0.15) is 0 Å². The topological polar surface area (TPSA) is 74.8 Å². The van der Waals surface area contributed by atoms with E-state index in [-0.39, 0.29) is 11.4 Å². The van der Waals surface area contributed by atoms with Gasteiger partial charge < -0.3 is 10.2 Å². The van der Waals surface area contributed by atoms with Crippen molar-refractivity contribution in [2.24, 2.45) is 0 Å². The molecule has 0 aromatic carbocycles. The number of aromatic nitrogens is 2. The molecule has 2 rings (SSSR count). The number of rotatable bonds is 2. The van der Waals surface area contributed by atoms with Crippen LogP contribution in [0.5, 0.6) is 5.75 Å². The van der Waals surface area contributed by atoms with Gasteiger partial charge in [-0.25, -0.2) is 9.78 Å². The molecule has 90 valence electrons. The zero-order valence-corrected chi connectivity index (χ0v) is 9.98. The van der Waals surface area contributed by atoms with Gasteiger partial charge in [-0.2, -0.15) is 0 Å². The van der Waals surface area contributed by atoms with Crippen LogP contribution in [0.2, 0.25) is 0 Å². The molecule has 5 nitrogen and oxygen atoms in total. The molecule has 17 heavy (non-hydrogen) atoms. The molecule has 2 aromatic rings. The van der Waals surface area contributed by atoms with Gasteiger partial charge in [0.15, 0.2) is 17.1 Å². The van der Waals surface area contributed by atoms with Crippen LogP contribution in [0.4, 0.5) is 0 Å². The number of fused-ring (bicyclic) bond motifs is 1. The molecule has 0 amide bonds. The molecule has 2 heterocycles. The van der Waals surface area contributed by atoms with Crippen LogP contribution in [-0.4, -0.2) is 25.6 Å². The van der Waals surface area contributed by atoms with Gasteiger partial charge in [-0.15, -0.1) is 0 Å². The molecule has 0 bridgehead atoms. The first-order valence-corrected chi connectivity index (χ1v) is 5.41. The summed E-state index contributed by atoms with van der Waals surface area (Å²) in [5.74, 6) is -1.02. The predicted molar refractivity (Wildman–Crippen MR) is 62.7 cm³/mol. The van der Waals surface area contributed by atoms with E-state index in [9.17, 15) is 15.0 Å². The minimum Gasteiger partial charge on any atom is -0.504 e. The Morgan fingerprint density at radius 2 is 2.12 bits per heavy atom. The average Bonchev–Trinajstić information content (AvgIpc) is 2.56. The van der Waals surface area contributed by atoms with Gasteiger partial charge in [0.05, 0.1) is 5.69 Å². The number of aryl methyl sites for hydroxylation is 3. The fourth-order valence-corrected chi connectivity index (χ4v) is 2.18. The average molecular weight is 234 g/mol. The smallest absolute Gasteiger partial charge is 0.354 e. The van der Waals surface area contributed by atoms with E-state index in [1.54, 1.807) is 13.0 Å². The molecule has 0 aliphatic heterocycles. The second-order valence-corrected chi connectivity index (χ2v) is 4.02. The lowest BCUT2D eigenvalue weighted by atomic mass is 10.1. The number of carbonyl (C=O) groups is 1. The number of hydrogen-bond acceptors (Lipinski definition) is 3. The van der Waals surface area contributed by atoms with Gasteiger partial charge >= 0.3 is 5.97 Å². The number of aromatic carboxylic acids is 1. The van der Waals surface area contributed by atoms with Gasteiger partial charge in [-0.1, -0.05) is 6.92 Å². The molecule has 5 heteroatoms. The van der Waals surface area contributed by atoms with Crippen molar-refractivity contribution >= 4 is 11.6 Å². The van der Waals surface area contributed by atoms with Crippen molar-refractivity contribution in [3.05, 3.63) is 28.7 Å². The van der Waals surface area contributed by atoms with E-state index < -0.39 is 5.97 Å². The van der Waals surface area contributed by atoms with Crippen LogP contribution >= 0.6 is 0 Å².